The van der Waals surface area contributed by atoms with Crippen molar-refractivity contribution in [2.45, 2.75) is 25.4 Å². The van der Waals surface area contributed by atoms with Crippen LogP contribution in [0.25, 0.3) is 0 Å². The molecule has 0 amide bonds. The molecule has 0 radical (unpaired) electrons. The van der Waals surface area contributed by atoms with Crippen molar-refractivity contribution in [2.75, 3.05) is 22.9 Å². The van der Waals surface area contributed by atoms with Crippen LogP contribution in [0.2, 0.25) is 5.02 Å². The molecule has 2 aromatic rings. The van der Waals surface area contributed by atoms with Gasteiger partial charge in [-0.15, -0.1) is 0 Å². The monoisotopic (exact) mass is 344 g/mol. The molecule has 0 bridgehead atoms. The molecule has 124 valence electrons. The van der Waals surface area contributed by atoms with Gasteiger partial charge in [0.1, 0.15) is 11.6 Å². The molecule has 0 aromatic carbocycles. The molecule has 6 nitrogen and oxygen atoms in total. The van der Waals surface area contributed by atoms with E-state index < -0.39 is 5.97 Å². The molecule has 1 fully saturated rings. The number of fused-ring (bicyclic) bond motifs is 3. The lowest BCUT2D eigenvalue weighted by molar-refractivity contribution is 0.0696. The van der Waals surface area contributed by atoms with Crippen molar-refractivity contribution in [1.29, 1.82) is 0 Å². The lowest BCUT2D eigenvalue weighted by atomic mass is 10.2. The number of hydrogen-bond acceptors (Lipinski definition) is 5. The second-order valence-corrected chi connectivity index (χ2v) is 6.60. The van der Waals surface area contributed by atoms with E-state index in [4.69, 9.17) is 16.7 Å². The molecule has 2 aliphatic heterocycles. The number of anilines is 2. The molecule has 24 heavy (non-hydrogen) atoms. The number of carbonyl (C=O) groups is 1. The van der Waals surface area contributed by atoms with Gasteiger partial charge in [0.15, 0.2) is 0 Å². The zero-order valence-corrected chi connectivity index (χ0v) is 13.8. The van der Waals surface area contributed by atoms with Crippen molar-refractivity contribution in [3.8, 4) is 0 Å². The molecule has 1 atom stereocenters. The fourth-order valence-corrected chi connectivity index (χ4v) is 3.87. The number of hydrogen-bond donors (Lipinski definition) is 1. The topological polar surface area (TPSA) is 69.6 Å². The molecule has 2 aliphatic rings. The minimum Gasteiger partial charge on any atom is -0.478 e. The van der Waals surface area contributed by atoms with Crippen molar-refractivity contribution in [1.82, 2.24) is 9.97 Å². The quantitative estimate of drug-likeness (QED) is 0.903. The van der Waals surface area contributed by atoms with E-state index >= 15 is 0 Å². The summed E-state index contributed by atoms with van der Waals surface area (Å²) in [5.41, 5.74) is 1.24. The summed E-state index contributed by atoms with van der Waals surface area (Å²) >= 11 is 6.33. The Morgan fingerprint density at radius 1 is 1.33 bits per heavy atom. The van der Waals surface area contributed by atoms with Gasteiger partial charge in [0.05, 0.1) is 10.6 Å². The van der Waals surface area contributed by atoms with Gasteiger partial charge < -0.3 is 14.9 Å². The Morgan fingerprint density at radius 3 is 3.00 bits per heavy atom. The highest BCUT2D eigenvalue weighted by Gasteiger charge is 2.33. The van der Waals surface area contributed by atoms with E-state index in [1.54, 1.807) is 0 Å². The normalized spacial score (nSPS) is 19.6. The lowest BCUT2D eigenvalue weighted by Crippen LogP contribution is -2.38. The first-order valence-electron chi connectivity index (χ1n) is 7.98. The van der Waals surface area contributed by atoms with Gasteiger partial charge in [-0.1, -0.05) is 17.7 Å². The first-order chi connectivity index (χ1) is 11.6. The second-order valence-electron chi connectivity index (χ2n) is 6.19. The Hall–Kier alpha value is -2.34. The van der Waals surface area contributed by atoms with Crippen LogP contribution in [0.1, 0.15) is 28.8 Å². The van der Waals surface area contributed by atoms with Crippen molar-refractivity contribution in [2.24, 2.45) is 0 Å². The maximum absolute atomic E-state index is 11.1. The van der Waals surface area contributed by atoms with Crippen LogP contribution in [-0.4, -0.2) is 40.2 Å². The average Bonchev–Trinajstić information content (AvgIpc) is 2.96. The fourth-order valence-electron chi connectivity index (χ4n) is 3.58. The number of rotatable bonds is 2. The summed E-state index contributed by atoms with van der Waals surface area (Å²) < 4.78 is 0. The summed E-state index contributed by atoms with van der Waals surface area (Å²) in [6.45, 7) is 2.48. The van der Waals surface area contributed by atoms with Crippen molar-refractivity contribution >= 4 is 29.2 Å². The van der Waals surface area contributed by atoms with Crippen LogP contribution < -0.4 is 9.80 Å². The van der Waals surface area contributed by atoms with E-state index in [9.17, 15) is 4.79 Å². The highest BCUT2D eigenvalue weighted by atomic mass is 35.5. The SMILES string of the molecule is O=C(O)c1cnc(N2Cc3cccnc3N3CCC[C@H]3C2)c(Cl)c1. The molecule has 2 aromatic heterocycles. The smallest absolute Gasteiger partial charge is 0.337 e. The lowest BCUT2D eigenvalue weighted by Gasteiger charge is -2.28. The van der Waals surface area contributed by atoms with Crippen LogP contribution in [0, 0.1) is 0 Å². The zero-order chi connectivity index (χ0) is 16.7. The van der Waals surface area contributed by atoms with Gasteiger partial charge in [0.2, 0.25) is 0 Å². The third-order valence-corrected chi connectivity index (χ3v) is 4.96. The third kappa shape index (κ3) is 2.57. The molecular weight excluding hydrogens is 328 g/mol. The second kappa shape index (κ2) is 5.94. The zero-order valence-electron chi connectivity index (χ0n) is 13.0. The summed E-state index contributed by atoms with van der Waals surface area (Å²) in [6.07, 6.45) is 5.45. The first kappa shape index (κ1) is 15.2. The van der Waals surface area contributed by atoms with Crippen molar-refractivity contribution in [3.05, 3.63) is 46.7 Å². The molecule has 0 saturated carbocycles. The Bertz CT molecular complexity index is 798. The molecule has 1 saturated heterocycles. The van der Waals surface area contributed by atoms with Gasteiger partial charge in [-0.2, -0.15) is 0 Å². The highest BCUT2D eigenvalue weighted by molar-refractivity contribution is 6.33. The molecule has 4 heterocycles. The number of halogens is 1. The minimum absolute atomic E-state index is 0.100. The van der Waals surface area contributed by atoms with E-state index in [0.717, 1.165) is 37.3 Å². The summed E-state index contributed by atoms with van der Waals surface area (Å²) in [5, 5.41) is 9.45. The Kier molecular flexibility index (Phi) is 3.76. The summed E-state index contributed by atoms with van der Waals surface area (Å²) in [7, 11) is 0. The van der Waals surface area contributed by atoms with Crippen molar-refractivity contribution in [3.63, 3.8) is 0 Å². The van der Waals surface area contributed by atoms with Crippen LogP contribution in [0.5, 0.6) is 0 Å². The molecule has 7 heteroatoms. The molecule has 0 spiro atoms. The van der Waals surface area contributed by atoms with Crippen LogP contribution in [0.3, 0.4) is 0 Å². The van der Waals surface area contributed by atoms with E-state index in [1.165, 1.54) is 12.3 Å². The number of aromatic nitrogens is 2. The number of pyridine rings is 2. The number of carboxylic acid groups (broad SMARTS) is 1. The summed E-state index contributed by atoms with van der Waals surface area (Å²) in [6, 6.07) is 5.86. The molecule has 1 N–H and O–H groups in total. The van der Waals surface area contributed by atoms with Gasteiger partial charge in [0, 0.05) is 43.6 Å². The fraction of sp³-hybridized carbons (Fsp3) is 0.353. The molecule has 4 rings (SSSR count). The van der Waals surface area contributed by atoms with E-state index in [1.807, 2.05) is 12.3 Å². The predicted molar refractivity (Wildman–Crippen MR) is 91.9 cm³/mol. The van der Waals surface area contributed by atoms with E-state index in [0.29, 0.717) is 23.4 Å². The maximum atomic E-state index is 11.1. The van der Waals surface area contributed by atoms with Gasteiger partial charge >= 0.3 is 5.97 Å². The maximum Gasteiger partial charge on any atom is 0.337 e. The van der Waals surface area contributed by atoms with Crippen LogP contribution in [0.15, 0.2) is 30.6 Å². The largest absolute Gasteiger partial charge is 0.478 e. The number of nitrogens with zero attached hydrogens (tertiary/aromatic N) is 4. The molecular formula is C17H17ClN4O2. The van der Waals surface area contributed by atoms with E-state index in [-0.39, 0.29) is 5.56 Å². The Morgan fingerprint density at radius 2 is 2.21 bits per heavy atom. The van der Waals surface area contributed by atoms with Crippen molar-refractivity contribution < 1.29 is 9.90 Å². The van der Waals surface area contributed by atoms with Crippen LogP contribution >= 0.6 is 11.6 Å². The molecule has 0 aliphatic carbocycles. The Labute approximate surface area is 144 Å². The average molecular weight is 345 g/mol. The summed E-state index contributed by atoms with van der Waals surface area (Å²) in [4.78, 5) is 24.5. The van der Waals surface area contributed by atoms with Gasteiger partial charge in [-0.05, 0) is 25.0 Å². The summed E-state index contributed by atoms with van der Waals surface area (Å²) in [5.74, 6) is 0.648. The van der Waals surface area contributed by atoms with Gasteiger partial charge in [-0.3, -0.25) is 0 Å². The molecule has 0 unspecified atom stereocenters. The van der Waals surface area contributed by atoms with E-state index in [2.05, 4.69) is 25.8 Å². The Balaban J connectivity index is 1.73. The number of aromatic carboxylic acids is 1. The van der Waals surface area contributed by atoms with Gasteiger partial charge in [0.25, 0.3) is 0 Å². The standard InChI is InChI=1S/C17H17ClN4O2/c18-14-7-12(17(23)24)8-20-16(14)21-9-11-3-1-5-19-15(11)22-6-2-4-13(22)10-21/h1,3,5,7-8,13H,2,4,6,9-10H2,(H,23,24)/t13-/m0/s1. The minimum atomic E-state index is -1.02. The highest BCUT2D eigenvalue weighted by Crippen LogP contribution is 2.34. The third-order valence-electron chi connectivity index (χ3n) is 4.68. The predicted octanol–water partition coefficient (Wildman–Crippen LogP) is 2.82. The van der Waals surface area contributed by atoms with Crippen LogP contribution in [-0.2, 0) is 6.54 Å². The first-order valence-corrected chi connectivity index (χ1v) is 8.35. The number of carboxylic acids is 1. The van der Waals surface area contributed by atoms with Gasteiger partial charge in [-0.25, -0.2) is 14.8 Å². The van der Waals surface area contributed by atoms with Crippen LogP contribution in [0.4, 0.5) is 11.6 Å².